The lowest BCUT2D eigenvalue weighted by Crippen LogP contribution is -2.30. The van der Waals surface area contributed by atoms with Gasteiger partial charge >= 0.3 is 6.92 Å². The average Bonchev–Trinajstić information content (AvgIpc) is 2.34. The van der Waals surface area contributed by atoms with E-state index in [0.29, 0.717) is 6.92 Å². The molecule has 0 saturated heterocycles. The van der Waals surface area contributed by atoms with Gasteiger partial charge in [-0.05, 0) is 0 Å². The van der Waals surface area contributed by atoms with E-state index in [1.54, 1.807) is 0 Å². The lowest BCUT2D eigenvalue weighted by molar-refractivity contribution is 0.650. The summed E-state index contributed by atoms with van der Waals surface area (Å²) in [6, 6.07) is 8.37. The van der Waals surface area contributed by atoms with Gasteiger partial charge in [0.15, 0.2) is 0 Å². The van der Waals surface area contributed by atoms with Gasteiger partial charge < -0.3 is 4.57 Å². The molecule has 3 heteroatoms. The Bertz CT molecular complexity index is 249. The second kappa shape index (κ2) is 2.17. The normalized spacial score (nSPS) is 14.7. The van der Waals surface area contributed by atoms with Gasteiger partial charge in [0.1, 0.15) is 0 Å². The van der Waals surface area contributed by atoms with Crippen LogP contribution in [0.15, 0.2) is 24.3 Å². The first-order valence-corrected chi connectivity index (χ1v) is 3.57. The van der Waals surface area contributed by atoms with E-state index in [-0.39, 0.29) is 0 Å². The van der Waals surface area contributed by atoms with Crippen LogP contribution in [-0.4, -0.2) is 14.4 Å². The van der Waals surface area contributed by atoms with Gasteiger partial charge in [-0.1, -0.05) is 42.0 Å². The first-order chi connectivity index (χ1) is 4.88. The third-order valence-electron chi connectivity index (χ3n) is 1.98. The van der Waals surface area contributed by atoms with Crippen LogP contribution in [0.2, 0.25) is 6.82 Å². The maximum atomic E-state index is 5.42. The number of benzene rings is 1. The third kappa shape index (κ3) is 0.781. The second-order valence-electron chi connectivity index (χ2n) is 2.65. The first-order valence-electron chi connectivity index (χ1n) is 3.57. The molecule has 1 aromatic rings. The zero-order valence-corrected chi connectivity index (χ0v) is 6.00. The molecule has 0 N–H and O–H groups in total. The van der Waals surface area contributed by atoms with E-state index in [0.717, 1.165) is 7.48 Å². The zero-order valence-electron chi connectivity index (χ0n) is 6.00. The lowest BCUT2D eigenvalue weighted by Gasteiger charge is -1.97. The summed E-state index contributed by atoms with van der Waals surface area (Å²) in [5.74, 6) is 0. The Labute approximate surface area is 61.8 Å². The van der Waals surface area contributed by atoms with Gasteiger partial charge in [0.25, 0.3) is 7.48 Å². The van der Waals surface area contributed by atoms with Crippen molar-refractivity contribution in [2.24, 2.45) is 0 Å². The predicted molar refractivity (Wildman–Crippen MR) is 45.6 cm³/mol. The molecule has 0 amide bonds. The summed E-state index contributed by atoms with van der Waals surface area (Å²) in [4.78, 5) is 0. The van der Waals surface area contributed by atoms with Crippen molar-refractivity contribution >= 4 is 25.3 Å². The van der Waals surface area contributed by atoms with E-state index in [9.17, 15) is 0 Å². The fourth-order valence-corrected chi connectivity index (χ4v) is 1.37. The van der Waals surface area contributed by atoms with Gasteiger partial charge in [-0.2, -0.15) is 0 Å². The van der Waals surface area contributed by atoms with Gasteiger partial charge in [-0.25, -0.2) is 0 Å². The van der Waals surface area contributed by atoms with Crippen molar-refractivity contribution in [1.82, 2.24) is 0 Å². The fourth-order valence-electron chi connectivity index (χ4n) is 1.37. The van der Waals surface area contributed by atoms with Gasteiger partial charge in [0, 0.05) is 0 Å². The van der Waals surface area contributed by atoms with Crippen LogP contribution in [0.1, 0.15) is 0 Å². The Morgan fingerprint density at radius 2 is 2.20 bits per heavy atom. The highest BCUT2D eigenvalue weighted by Crippen LogP contribution is 1.94. The van der Waals surface area contributed by atoms with Crippen molar-refractivity contribution in [1.29, 1.82) is 0 Å². The van der Waals surface area contributed by atoms with Crippen molar-refractivity contribution in [2.45, 2.75) is 6.82 Å². The molecule has 0 aliphatic carbocycles. The van der Waals surface area contributed by atoms with E-state index in [4.69, 9.17) is 4.57 Å². The number of rotatable bonds is 0. The van der Waals surface area contributed by atoms with E-state index in [1.165, 1.54) is 10.9 Å². The molecule has 0 aromatic heterocycles. The highest BCUT2D eigenvalue weighted by Gasteiger charge is 2.22. The van der Waals surface area contributed by atoms with Crippen LogP contribution in [0.25, 0.3) is 0 Å². The molecular weight excluding hydrogens is 122 g/mol. The molecule has 0 spiro atoms. The Morgan fingerprint density at radius 3 is 3.00 bits per heavy atom. The maximum Gasteiger partial charge on any atom is 0.307 e. The van der Waals surface area contributed by atoms with Crippen molar-refractivity contribution in [3.63, 3.8) is 0 Å². The summed E-state index contributed by atoms with van der Waals surface area (Å²) in [6.45, 7) is 2.39. The number of hydrogen-bond donors (Lipinski definition) is 0. The monoisotopic (exact) mass is 130 g/mol. The molecule has 0 unspecified atom stereocenters. The Morgan fingerprint density at radius 1 is 1.40 bits per heavy atom. The van der Waals surface area contributed by atoms with Crippen LogP contribution < -0.4 is 10.9 Å². The minimum absolute atomic E-state index is 0.302. The molecule has 2 rings (SSSR count). The number of fused-ring (bicyclic) bond motifs is 1. The highest BCUT2D eigenvalue weighted by molar-refractivity contribution is 6.82. The van der Waals surface area contributed by atoms with Gasteiger partial charge in [-0.15, -0.1) is 0 Å². The van der Waals surface area contributed by atoms with Crippen molar-refractivity contribution in [3.8, 4) is 0 Å². The maximum absolute atomic E-state index is 5.42. The molecule has 1 heterocycles. The Balaban J connectivity index is 2.51. The van der Waals surface area contributed by atoms with Crippen molar-refractivity contribution in [2.75, 3.05) is 0 Å². The highest BCUT2D eigenvalue weighted by atomic mass is 16.4. The fraction of sp³-hybridized carbons (Fsp3) is 0.143. The minimum atomic E-state index is 0.302. The summed E-state index contributed by atoms with van der Waals surface area (Å²) in [6.07, 6.45) is 0. The largest absolute Gasteiger partial charge is 0.494 e. The van der Waals surface area contributed by atoms with E-state index in [1.807, 2.05) is 0 Å². The lowest BCUT2D eigenvalue weighted by atomic mass is 9.64. The molecule has 0 fully saturated rings. The molecule has 10 heavy (non-hydrogen) atoms. The number of hydrogen-bond acceptors (Lipinski definition) is 1. The van der Waals surface area contributed by atoms with E-state index >= 15 is 0 Å². The molecule has 1 aromatic carbocycles. The molecule has 0 bridgehead atoms. The topological polar surface area (TPSA) is 9.23 Å². The van der Waals surface area contributed by atoms with Crippen LogP contribution in [0.3, 0.4) is 0 Å². The molecule has 1 nitrogen and oxygen atoms in total. The SMILES string of the molecule is CB1OBc2ccccc21. The molecule has 1 aliphatic rings. The minimum Gasteiger partial charge on any atom is -0.494 e. The summed E-state index contributed by atoms with van der Waals surface area (Å²) < 4.78 is 5.42. The molecule has 0 radical (unpaired) electrons. The summed E-state index contributed by atoms with van der Waals surface area (Å²) in [5.41, 5.74) is 2.69. The molecule has 1 aliphatic heterocycles. The smallest absolute Gasteiger partial charge is 0.307 e. The average molecular weight is 130 g/mol. The van der Waals surface area contributed by atoms with Gasteiger partial charge in [-0.3, -0.25) is 0 Å². The summed E-state index contributed by atoms with van der Waals surface area (Å²) in [5, 5.41) is 0. The summed E-state index contributed by atoms with van der Waals surface area (Å²) >= 11 is 0. The van der Waals surface area contributed by atoms with Crippen molar-refractivity contribution in [3.05, 3.63) is 24.3 Å². The predicted octanol–water partition coefficient (Wildman–Crippen LogP) is -0.478. The Hall–Kier alpha value is -0.690. The Kier molecular flexibility index (Phi) is 1.31. The summed E-state index contributed by atoms with van der Waals surface area (Å²) in [7, 11) is 0.789. The first kappa shape index (κ1) is 6.05. The van der Waals surface area contributed by atoms with Crippen LogP contribution in [0, 0.1) is 0 Å². The van der Waals surface area contributed by atoms with Crippen LogP contribution >= 0.6 is 0 Å². The van der Waals surface area contributed by atoms with Gasteiger partial charge in [0.05, 0.1) is 0 Å². The molecule has 0 atom stereocenters. The quantitative estimate of drug-likeness (QED) is 0.431. The molecular formula is C7H8B2O. The second-order valence-corrected chi connectivity index (χ2v) is 2.65. The molecule has 48 valence electrons. The zero-order chi connectivity index (χ0) is 6.97. The van der Waals surface area contributed by atoms with Crippen LogP contribution in [0.4, 0.5) is 0 Å². The third-order valence-corrected chi connectivity index (χ3v) is 1.98. The standard InChI is InChI=1S/C7H8B2O/c1-9-7-5-3-2-4-6(7)8-10-9/h2-5,8H,1H3. The van der Waals surface area contributed by atoms with Crippen molar-refractivity contribution < 1.29 is 4.57 Å². The molecule has 0 saturated carbocycles. The van der Waals surface area contributed by atoms with Gasteiger partial charge in [0.2, 0.25) is 0 Å². The van der Waals surface area contributed by atoms with E-state index in [2.05, 4.69) is 31.1 Å². The van der Waals surface area contributed by atoms with E-state index < -0.39 is 0 Å². The van der Waals surface area contributed by atoms with Crippen LogP contribution in [0.5, 0.6) is 0 Å². The van der Waals surface area contributed by atoms with Crippen LogP contribution in [-0.2, 0) is 4.57 Å².